The van der Waals surface area contributed by atoms with Gasteiger partial charge in [-0.15, -0.1) is 0 Å². The lowest BCUT2D eigenvalue weighted by molar-refractivity contribution is -0.141. The average molecular weight is 464 g/mol. The molecule has 6 nitrogen and oxygen atoms in total. The lowest BCUT2D eigenvalue weighted by Gasteiger charge is -2.31. The second kappa shape index (κ2) is 9.92. The van der Waals surface area contributed by atoms with E-state index in [-0.39, 0.29) is 23.3 Å². The van der Waals surface area contributed by atoms with Crippen LogP contribution in [0.15, 0.2) is 48.0 Å². The number of hydrogen-bond acceptors (Lipinski definition) is 5. The maximum Gasteiger partial charge on any atom is 0.295 e. The molecule has 1 heterocycles. The topological polar surface area (TPSA) is 76.1 Å². The molecule has 2 aliphatic rings. The number of rotatable bonds is 7. The summed E-state index contributed by atoms with van der Waals surface area (Å²) in [7, 11) is 1.61. The van der Waals surface area contributed by atoms with Gasteiger partial charge in [0.2, 0.25) is 0 Å². The van der Waals surface area contributed by atoms with E-state index in [1.54, 1.807) is 24.1 Å². The van der Waals surface area contributed by atoms with Crippen molar-refractivity contribution in [1.82, 2.24) is 4.90 Å². The lowest BCUT2D eigenvalue weighted by Crippen LogP contribution is -2.37. The van der Waals surface area contributed by atoms with Crippen LogP contribution in [0.4, 0.5) is 0 Å². The highest BCUT2D eigenvalue weighted by Gasteiger charge is 2.49. The Balaban J connectivity index is 1.89. The molecular formula is C28H33NO5. The van der Waals surface area contributed by atoms with Crippen LogP contribution in [0.3, 0.4) is 0 Å². The first-order valence-corrected chi connectivity index (χ1v) is 12.1. The second-order valence-electron chi connectivity index (χ2n) is 9.26. The van der Waals surface area contributed by atoms with Crippen LogP contribution in [0.5, 0.6) is 11.5 Å². The molecule has 4 rings (SSSR count). The molecule has 0 radical (unpaired) electrons. The first-order valence-electron chi connectivity index (χ1n) is 12.1. The van der Waals surface area contributed by atoms with Gasteiger partial charge in [0.05, 0.1) is 25.3 Å². The largest absolute Gasteiger partial charge is 0.507 e. The molecular weight excluding hydrogens is 430 g/mol. The molecule has 6 heteroatoms. The van der Waals surface area contributed by atoms with Gasteiger partial charge in [-0.3, -0.25) is 9.59 Å². The number of carbonyl (C=O) groups is 2. The summed E-state index contributed by atoms with van der Waals surface area (Å²) in [5.74, 6) is 0.205. The number of methoxy groups -OCH3 is 1. The van der Waals surface area contributed by atoms with E-state index in [2.05, 4.69) is 0 Å². The van der Waals surface area contributed by atoms with Crippen LogP contribution in [0.2, 0.25) is 0 Å². The third-order valence-electron chi connectivity index (χ3n) is 6.81. The van der Waals surface area contributed by atoms with Crippen molar-refractivity contribution in [2.24, 2.45) is 0 Å². The van der Waals surface area contributed by atoms with E-state index in [1.165, 1.54) is 0 Å². The molecule has 34 heavy (non-hydrogen) atoms. The Kier molecular flexibility index (Phi) is 6.96. The number of hydrogen-bond donors (Lipinski definition) is 1. The van der Waals surface area contributed by atoms with Gasteiger partial charge in [-0.25, -0.2) is 0 Å². The molecule has 1 amide bonds. The molecule has 1 atom stereocenters. The fourth-order valence-corrected chi connectivity index (χ4v) is 5.17. The molecule has 1 N–H and O–H groups in total. The predicted octanol–water partition coefficient (Wildman–Crippen LogP) is 5.58. The van der Waals surface area contributed by atoms with Crippen molar-refractivity contribution >= 4 is 17.4 Å². The van der Waals surface area contributed by atoms with E-state index in [0.29, 0.717) is 17.9 Å². The van der Waals surface area contributed by atoms with Crippen LogP contribution < -0.4 is 9.47 Å². The Labute approximate surface area is 201 Å². The molecule has 1 unspecified atom stereocenters. The van der Waals surface area contributed by atoms with Crippen LogP contribution in [0.1, 0.15) is 75.1 Å². The highest BCUT2D eigenvalue weighted by atomic mass is 16.5. The lowest BCUT2D eigenvalue weighted by atomic mass is 9.92. The van der Waals surface area contributed by atoms with Crippen molar-refractivity contribution in [3.8, 4) is 11.5 Å². The molecule has 0 spiro atoms. The van der Waals surface area contributed by atoms with Crippen LogP contribution in [-0.2, 0) is 9.59 Å². The molecule has 1 saturated heterocycles. The standard InChI is InChI=1S/C28H33NO5/c1-5-34-21-12-8-9-18(15-21)25-24(27(31)28(32)29(25)20-10-6-7-11-20)26(30)19-13-14-23(33-4)22(16-19)17(2)3/h8-9,12-17,20,25,30H,5-7,10-11H2,1-4H3/b26-24+. The van der Waals surface area contributed by atoms with Gasteiger partial charge >= 0.3 is 0 Å². The molecule has 0 bridgehead atoms. The third kappa shape index (κ3) is 4.29. The minimum Gasteiger partial charge on any atom is -0.507 e. The molecule has 0 aromatic heterocycles. The van der Waals surface area contributed by atoms with Gasteiger partial charge in [-0.1, -0.05) is 38.8 Å². The van der Waals surface area contributed by atoms with Crippen LogP contribution >= 0.6 is 0 Å². The fourth-order valence-electron chi connectivity index (χ4n) is 5.17. The molecule has 180 valence electrons. The Bertz CT molecular complexity index is 1110. The molecule has 2 fully saturated rings. The van der Waals surface area contributed by atoms with Gasteiger partial charge in [0.25, 0.3) is 11.7 Å². The van der Waals surface area contributed by atoms with Crippen LogP contribution in [0.25, 0.3) is 5.76 Å². The maximum absolute atomic E-state index is 13.4. The van der Waals surface area contributed by atoms with E-state index in [9.17, 15) is 14.7 Å². The minimum atomic E-state index is -0.659. The molecule has 1 saturated carbocycles. The maximum atomic E-state index is 13.4. The van der Waals surface area contributed by atoms with Gasteiger partial charge in [-0.2, -0.15) is 0 Å². The van der Waals surface area contributed by atoms with Gasteiger partial charge in [-0.05, 0) is 67.1 Å². The van der Waals surface area contributed by atoms with Crippen molar-refractivity contribution < 1.29 is 24.2 Å². The summed E-state index contributed by atoms with van der Waals surface area (Å²) < 4.78 is 11.2. The van der Waals surface area contributed by atoms with Gasteiger partial charge < -0.3 is 19.5 Å². The van der Waals surface area contributed by atoms with Crippen molar-refractivity contribution in [1.29, 1.82) is 0 Å². The summed E-state index contributed by atoms with van der Waals surface area (Å²) >= 11 is 0. The number of likely N-dealkylation sites (tertiary alicyclic amines) is 1. The minimum absolute atomic E-state index is 0.0235. The summed E-state index contributed by atoms with van der Waals surface area (Å²) in [6.45, 7) is 6.50. The average Bonchev–Trinajstić information content (AvgIpc) is 3.45. The first-order chi connectivity index (χ1) is 16.4. The Morgan fingerprint density at radius 1 is 1.12 bits per heavy atom. The SMILES string of the molecule is CCOc1cccc(C2/C(=C(\O)c3ccc(OC)c(C(C)C)c3)C(=O)C(=O)N2C2CCCC2)c1. The van der Waals surface area contributed by atoms with E-state index >= 15 is 0 Å². The number of carbonyl (C=O) groups excluding carboxylic acids is 2. The van der Waals surface area contributed by atoms with Crippen molar-refractivity contribution in [3.05, 3.63) is 64.7 Å². The molecule has 1 aliphatic carbocycles. The van der Waals surface area contributed by atoms with Crippen molar-refractivity contribution in [2.75, 3.05) is 13.7 Å². The summed E-state index contributed by atoms with van der Waals surface area (Å²) in [6.07, 6.45) is 3.76. The second-order valence-corrected chi connectivity index (χ2v) is 9.26. The summed E-state index contributed by atoms with van der Waals surface area (Å²) in [5.41, 5.74) is 2.31. The Morgan fingerprint density at radius 2 is 1.85 bits per heavy atom. The quantitative estimate of drug-likeness (QED) is 0.329. The summed E-state index contributed by atoms with van der Waals surface area (Å²) in [6, 6.07) is 12.2. The van der Waals surface area contributed by atoms with Crippen LogP contribution in [0, 0.1) is 0 Å². The number of aliphatic hydroxyl groups is 1. The van der Waals surface area contributed by atoms with Gasteiger partial charge in [0.1, 0.15) is 17.3 Å². The van der Waals surface area contributed by atoms with E-state index in [0.717, 1.165) is 42.6 Å². The number of aliphatic hydroxyl groups excluding tert-OH is 1. The van der Waals surface area contributed by atoms with E-state index < -0.39 is 17.7 Å². The molecule has 2 aromatic rings. The number of ketones is 1. The first kappa shape index (κ1) is 23.9. The summed E-state index contributed by atoms with van der Waals surface area (Å²) in [4.78, 5) is 28.3. The van der Waals surface area contributed by atoms with E-state index in [4.69, 9.17) is 9.47 Å². The molecule has 2 aromatic carbocycles. The Hall–Kier alpha value is -3.28. The highest BCUT2D eigenvalue weighted by Crippen LogP contribution is 2.44. The number of Topliss-reactive ketones (excluding diaryl/α,β-unsaturated/α-hetero) is 1. The predicted molar refractivity (Wildman–Crippen MR) is 131 cm³/mol. The number of benzene rings is 2. The monoisotopic (exact) mass is 463 g/mol. The molecule has 1 aliphatic heterocycles. The fraction of sp³-hybridized carbons (Fsp3) is 0.429. The number of amides is 1. The highest BCUT2D eigenvalue weighted by molar-refractivity contribution is 6.46. The normalized spacial score (nSPS) is 20.4. The van der Waals surface area contributed by atoms with Crippen molar-refractivity contribution in [2.45, 2.75) is 64.5 Å². The zero-order chi connectivity index (χ0) is 24.4. The van der Waals surface area contributed by atoms with Gasteiger partial charge in [0.15, 0.2) is 0 Å². The third-order valence-corrected chi connectivity index (χ3v) is 6.81. The zero-order valence-electron chi connectivity index (χ0n) is 20.3. The smallest absolute Gasteiger partial charge is 0.295 e. The van der Waals surface area contributed by atoms with Crippen molar-refractivity contribution in [3.63, 3.8) is 0 Å². The van der Waals surface area contributed by atoms with Gasteiger partial charge in [0, 0.05) is 11.6 Å². The zero-order valence-corrected chi connectivity index (χ0v) is 20.3. The number of nitrogens with zero attached hydrogens (tertiary/aromatic N) is 1. The van der Waals surface area contributed by atoms with Crippen LogP contribution in [-0.4, -0.2) is 41.5 Å². The Morgan fingerprint density at radius 3 is 2.50 bits per heavy atom. The summed E-state index contributed by atoms with van der Waals surface area (Å²) in [5, 5.41) is 11.5. The number of ether oxygens (including phenoxy) is 2. The van der Waals surface area contributed by atoms with E-state index in [1.807, 2.05) is 51.1 Å².